The topological polar surface area (TPSA) is 0 Å². The van der Waals surface area contributed by atoms with Crippen LogP contribution in [-0.4, -0.2) is 19.4 Å². The van der Waals surface area contributed by atoms with Gasteiger partial charge < -0.3 is 24.8 Å². The molecule has 226 valence electrons. The molecule has 44 heavy (non-hydrogen) atoms. The molecular weight excluding hydrogens is 687 g/mol. The van der Waals surface area contributed by atoms with Crippen molar-refractivity contribution < 1.29 is 49.0 Å². The second-order valence-electron chi connectivity index (χ2n) is 14.0. The molecule has 0 radical (unpaired) electrons. The monoisotopic (exact) mass is 727 g/mol. The number of fused-ring (bicyclic) bond motifs is 2. The number of rotatable bonds is 5. The summed E-state index contributed by atoms with van der Waals surface area (Å²) in [6.07, 6.45) is 16.8. The Labute approximate surface area is 294 Å². The Balaban J connectivity index is 0.000000280. The van der Waals surface area contributed by atoms with Crippen LogP contribution < -0.4 is 40.4 Å². The van der Waals surface area contributed by atoms with E-state index in [4.69, 9.17) is 0 Å². The SMILES string of the molecule is Cc1cc([Si](C)(C)C)c2c(c1)=[C-]C1=C(C3=CC=CC3)C(C)([Si](C)(C)C)C=CC=21.[Cl-].[Cl-].[Zr+2]=[C](c1ccccc1)c1ccccc1. The van der Waals surface area contributed by atoms with Crippen LogP contribution in [-0.2, 0) is 24.2 Å². The molecule has 5 heteroatoms. The third-order valence-electron chi connectivity index (χ3n) is 9.02. The second-order valence-corrected chi connectivity index (χ2v) is 25.8. The Hall–Kier alpha value is -1.87. The first-order valence-electron chi connectivity index (χ1n) is 15.1. The average molecular weight is 730 g/mol. The third-order valence-corrected chi connectivity index (χ3v) is 16.0. The Morgan fingerprint density at radius 3 is 1.89 bits per heavy atom. The summed E-state index contributed by atoms with van der Waals surface area (Å²) in [5.74, 6) is 0. The first-order chi connectivity index (χ1) is 19.8. The fourth-order valence-corrected chi connectivity index (χ4v) is 10.3. The predicted molar refractivity (Wildman–Crippen MR) is 186 cm³/mol. The Morgan fingerprint density at radius 1 is 0.841 bits per heavy atom. The van der Waals surface area contributed by atoms with Gasteiger partial charge in [-0.15, -0.1) is 33.7 Å². The van der Waals surface area contributed by atoms with Crippen molar-refractivity contribution in [1.82, 2.24) is 0 Å². The van der Waals surface area contributed by atoms with E-state index in [0.717, 1.165) is 6.42 Å². The number of allylic oxidation sites excluding steroid dienone is 8. The quantitative estimate of drug-likeness (QED) is 0.279. The average Bonchev–Trinajstić information content (AvgIpc) is 3.60. The number of benzene rings is 3. The van der Waals surface area contributed by atoms with Crippen LogP contribution in [0.15, 0.2) is 120 Å². The molecule has 0 saturated heterocycles. The molecule has 0 aliphatic heterocycles. The molecule has 0 nitrogen and oxygen atoms in total. The number of halogens is 2. The molecule has 3 aromatic rings. The first-order valence-corrected chi connectivity index (χ1v) is 23.3. The van der Waals surface area contributed by atoms with E-state index < -0.39 is 16.1 Å². The van der Waals surface area contributed by atoms with Crippen molar-refractivity contribution in [2.24, 2.45) is 0 Å². The van der Waals surface area contributed by atoms with Crippen LogP contribution in [0.2, 0.25) is 44.3 Å². The zero-order valence-electron chi connectivity index (χ0n) is 27.3. The van der Waals surface area contributed by atoms with E-state index in [1.165, 1.54) is 71.3 Å². The predicted octanol–water partition coefficient (Wildman–Crippen LogP) is 2.02. The molecule has 3 aromatic carbocycles. The van der Waals surface area contributed by atoms with Crippen LogP contribution in [0.4, 0.5) is 0 Å². The Kier molecular flexibility index (Phi) is 11.9. The normalized spacial score (nSPS) is 18.2. The van der Waals surface area contributed by atoms with Crippen LogP contribution in [0.3, 0.4) is 0 Å². The molecule has 0 amide bonds. The summed E-state index contributed by atoms with van der Waals surface area (Å²) < 4.78 is 1.42. The van der Waals surface area contributed by atoms with Crippen LogP contribution >= 0.6 is 0 Å². The van der Waals surface area contributed by atoms with Gasteiger partial charge in [-0.3, -0.25) is 0 Å². The molecule has 1 atom stereocenters. The van der Waals surface area contributed by atoms with Gasteiger partial charge in [0.25, 0.3) is 0 Å². The summed E-state index contributed by atoms with van der Waals surface area (Å²) in [7, 11) is -2.95. The fraction of sp³-hybridized carbons (Fsp3) is 0.256. The van der Waals surface area contributed by atoms with Crippen molar-refractivity contribution in [2.75, 3.05) is 0 Å². The Morgan fingerprint density at radius 2 is 1.41 bits per heavy atom. The van der Waals surface area contributed by atoms with Gasteiger partial charge in [0.1, 0.15) is 0 Å². The summed E-state index contributed by atoms with van der Waals surface area (Å²) in [4.78, 5) is 0. The van der Waals surface area contributed by atoms with Crippen molar-refractivity contribution in [2.45, 2.75) is 64.6 Å². The van der Waals surface area contributed by atoms with Gasteiger partial charge in [-0.05, 0) is 18.4 Å². The van der Waals surface area contributed by atoms with Crippen LogP contribution in [0.5, 0.6) is 0 Å². The van der Waals surface area contributed by atoms with Crippen molar-refractivity contribution in [1.29, 1.82) is 0 Å². The van der Waals surface area contributed by atoms with Crippen LogP contribution in [0.1, 0.15) is 30.0 Å². The maximum atomic E-state index is 3.91. The number of hydrogen-bond acceptors (Lipinski definition) is 0. The van der Waals surface area contributed by atoms with E-state index in [-0.39, 0.29) is 29.9 Å². The zero-order valence-corrected chi connectivity index (χ0v) is 33.2. The second kappa shape index (κ2) is 14.3. The van der Waals surface area contributed by atoms with E-state index in [2.05, 4.69) is 162 Å². The molecule has 3 aliphatic rings. The molecular formula is C39H43Cl2Si2Zr-. The van der Waals surface area contributed by atoms with Gasteiger partial charge in [0.2, 0.25) is 0 Å². The minimum absolute atomic E-state index is 0. The molecule has 0 aromatic heterocycles. The van der Waals surface area contributed by atoms with Crippen molar-refractivity contribution in [3.63, 3.8) is 0 Å². The van der Waals surface area contributed by atoms with Gasteiger partial charge in [-0.1, -0.05) is 105 Å². The molecule has 0 saturated carbocycles. The fourth-order valence-electron chi connectivity index (χ4n) is 6.18. The number of hydrogen-bond donors (Lipinski definition) is 0. The van der Waals surface area contributed by atoms with E-state index in [1.807, 2.05) is 0 Å². The molecule has 1 unspecified atom stereocenters. The molecule has 0 heterocycles. The van der Waals surface area contributed by atoms with Crippen molar-refractivity contribution in [3.05, 3.63) is 147 Å². The maximum absolute atomic E-state index is 3.91. The van der Waals surface area contributed by atoms with Gasteiger partial charge >= 0.3 is 99.2 Å². The third kappa shape index (κ3) is 7.24. The van der Waals surface area contributed by atoms with Crippen molar-refractivity contribution in [3.8, 4) is 0 Å². The summed E-state index contributed by atoms with van der Waals surface area (Å²) >= 11 is 1.46. The molecule has 0 N–H and O–H groups in total. The van der Waals surface area contributed by atoms with Crippen molar-refractivity contribution >= 4 is 36.2 Å². The minimum atomic E-state index is -1.49. The van der Waals surface area contributed by atoms with Gasteiger partial charge in [0, 0.05) is 0 Å². The van der Waals surface area contributed by atoms with Gasteiger partial charge in [-0.25, -0.2) is 0 Å². The van der Waals surface area contributed by atoms with E-state index in [1.54, 1.807) is 10.8 Å². The molecule has 0 fully saturated rings. The summed E-state index contributed by atoms with van der Waals surface area (Å²) in [5.41, 5.74) is 9.86. The van der Waals surface area contributed by atoms with Gasteiger partial charge in [-0.2, -0.15) is 0 Å². The summed E-state index contributed by atoms with van der Waals surface area (Å²) in [5, 5.41) is 4.50. The van der Waals surface area contributed by atoms with Crippen LogP contribution in [0, 0.1) is 6.92 Å². The molecule has 0 bridgehead atoms. The molecule has 3 aliphatic carbocycles. The Bertz CT molecular complexity index is 1740. The number of aryl methyl sites for hydroxylation is 1. The van der Waals surface area contributed by atoms with E-state index >= 15 is 0 Å². The van der Waals surface area contributed by atoms with Gasteiger partial charge in [0.05, 0.1) is 16.1 Å². The van der Waals surface area contributed by atoms with Crippen LogP contribution in [0.25, 0.3) is 11.6 Å². The molecule has 0 spiro atoms. The zero-order chi connectivity index (χ0) is 30.3. The summed E-state index contributed by atoms with van der Waals surface area (Å²) in [6.45, 7) is 19.6. The van der Waals surface area contributed by atoms with Gasteiger partial charge in [0.15, 0.2) is 0 Å². The molecule has 6 rings (SSSR count). The first kappa shape index (κ1) is 36.6. The summed E-state index contributed by atoms with van der Waals surface area (Å²) in [6, 6.07) is 25.9. The van der Waals surface area contributed by atoms with E-state index in [9.17, 15) is 0 Å². The standard InChI is InChI=1S/C26H33Si2.C13H10.2ClH.Zr/c1-18-15-20-17-22-21(24(20)23(16-18)27(3,4)5)13-14-26(2,28(6,7)8)25(22)19-11-9-10-12-19;1-3-7-12(8-4-1)11-13-9-5-2-6-10-13;;;/h9-11,13-16H,12H2,1-8H3;1-10H;2*1H;/q-1;;;;+2/p-2. The van der Waals surface area contributed by atoms with E-state index in [0.29, 0.717) is 0 Å².